The molecule has 0 saturated carbocycles. The van der Waals surface area contributed by atoms with Crippen molar-refractivity contribution in [3.63, 3.8) is 0 Å². The minimum Gasteiger partial charge on any atom is -0.481 e. The van der Waals surface area contributed by atoms with Crippen LogP contribution in [0.1, 0.15) is 24.2 Å². The van der Waals surface area contributed by atoms with Gasteiger partial charge in [0.1, 0.15) is 5.52 Å². The van der Waals surface area contributed by atoms with Gasteiger partial charge in [0.05, 0.1) is 28.4 Å². The van der Waals surface area contributed by atoms with Crippen molar-refractivity contribution in [2.75, 3.05) is 18.0 Å². The molecule has 1 aliphatic heterocycles. The van der Waals surface area contributed by atoms with E-state index in [0.29, 0.717) is 25.9 Å². The van der Waals surface area contributed by atoms with Crippen LogP contribution in [-0.2, 0) is 4.79 Å². The predicted octanol–water partition coefficient (Wildman–Crippen LogP) is 2.73. The summed E-state index contributed by atoms with van der Waals surface area (Å²) in [6.45, 7) is 5.29. The Morgan fingerprint density at radius 3 is 2.46 bits per heavy atom. The monoisotopic (exact) mass is 351 g/mol. The quantitative estimate of drug-likeness (QED) is 0.781. The number of benzene rings is 1. The van der Waals surface area contributed by atoms with E-state index in [1.807, 2.05) is 48.9 Å². The first-order chi connectivity index (χ1) is 12.6. The lowest BCUT2D eigenvalue weighted by molar-refractivity contribution is -0.142. The minimum atomic E-state index is -0.714. The maximum Gasteiger partial charge on any atom is 0.306 e. The van der Waals surface area contributed by atoms with E-state index in [-0.39, 0.29) is 5.92 Å². The number of piperidine rings is 1. The van der Waals surface area contributed by atoms with Crippen molar-refractivity contribution < 1.29 is 9.90 Å². The number of fused-ring (bicyclic) bond motifs is 1. The van der Waals surface area contributed by atoms with Crippen LogP contribution in [0.2, 0.25) is 0 Å². The molecule has 3 heterocycles. The van der Waals surface area contributed by atoms with Gasteiger partial charge in [-0.1, -0.05) is 18.2 Å². The summed E-state index contributed by atoms with van der Waals surface area (Å²) in [7, 11) is 0. The molecule has 0 aliphatic carbocycles. The van der Waals surface area contributed by atoms with E-state index in [1.165, 1.54) is 0 Å². The van der Waals surface area contributed by atoms with Gasteiger partial charge in [-0.25, -0.2) is 4.68 Å². The molecular weight excluding hydrogens is 330 g/mol. The maximum absolute atomic E-state index is 11.2. The number of anilines is 1. The number of aliphatic carboxylic acids is 1. The van der Waals surface area contributed by atoms with Gasteiger partial charge in [0.15, 0.2) is 5.82 Å². The molecule has 7 nitrogen and oxygen atoms in total. The fourth-order valence-corrected chi connectivity index (χ4v) is 3.68. The molecule has 0 bridgehead atoms. The third-order valence-electron chi connectivity index (χ3n) is 5.13. The summed E-state index contributed by atoms with van der Waals surface area (Å²) in [5.74, 6) is -0.245. The van der Waals surface area contributed by atoms with E-state index < -0.39 is 5.97 Å². The van der Waals surface area contributed by atoms with Gasteiger partial charge < -0.3 is 10.0 Å². The minimum absolute atomic E-state index is 0.274. The highest BCUT2D eigenvalue weighted by Gasteiger charge is 2.28. The Bertz CT molecular complexity index is 959. The Morgan fingerprint density at radius 2 is 1.81 bits per heavy atom. The normalized spacial score (nSPS) is 15.5. The molecule has 7 heteroatoms. The molecule has 1 saturated heterocycles. The summed E-state index contributed by atoms with van der Waals surface area (Å²) in [5.41, 5.74) is 3.70. The van der Waals surface area contributed by atoms with E-state index in [2.05, 4.69) is 15.1 Å². The molecule has 1 fully saturated rings. The van der Waals surface area contributed by atoms with E-state index in [9.17, 15) is 9.90 Å². The van der Waals surface area contributed by atoms with Crippen LogP contribution in [0.5, 0.6) is 0 Å². The fourth-order valence-electron chi connectivity index (χ4n) is 3.68. The number of nitrogens with zero attached hydrogens (tertiary/aromatic N) is 5. The van der Waals surface area contributed by atoms with Crippen LogP contribution in [0.25, 0.3) is 16.6 Å². The van der Waals surface area contributed by atoms with Gasteiger partial charge in [0, 0.05) is 13.1 Å². The fraction of sp³-hybridized carbons (Fsp3) is 0.368. The maximum atomic E-state index is 11.2. The molecule has 0 unspecified atom stereocenters. The molecule has 3 aromatic rings. The lowest BCUT2D eigenvalue weighted by Gasteiger charge is -2.30. The van der Waals surface area contributed by atoms with E-state index in [0.717, 1.165) is 33.8 Å². The molecule has 2 aromatic heterocycles. The standard InChI is InChI=1S/C19H21N5O2/c1-12-16-13(2)24(15-6-4-3-5-7-15)22-17(16)18(21-20-12)23-10-8-14(9-11-23)19(25)26/h3-7,14H,8-11H2,1-2H3,(H,25,26). The van der Waals surface area contributed by atoms with Crippen LogP contribution in [0.4, 0.5) is 5.82 Å². The summed E-state index contributed by atoms with van der Waals surface area (Å²) in [5, 5.41) is 23.8. The summed E-state index contributed by atoms with van der Waals surface area (Å²) in [4.78, 5) is 13.3. The Balaban J connectivity index is 1.78. The highest BCUT2D eigenvalue weighted by Crippen LogP contribution is 2.31. The second-order valence-electron chi connectivity index (χ2n) is 6.76. The Labute approximate surface area is 151 Å². The molecule has 0 radical (unpaired) electrons. The van der Waals surface area contributed by atoms with Crippen LogP contribution in [0.15, 0.2) is 30.3 Å². The zero-order chi connectivity index (χ0) is 18.3. The van der Waals surface area contributed by atoms with Crippen molar-refractivity contribution in [1.29, 1.82) is 0 Å². The third kappa shape index (κ3) is 2.69. The van der Waals surface area contributed by atoms with Crippen molar-refractivity contribution in [3.8, 4) is 5.69 Å². The van der Waals surface area contributed by atoms with Gasteiger partial charge in [-0.05, 0) is 38.8 Å². The first-order valence-electron chi connectivity index (χ1n) is 8.82. The molecule has 4 rings (SSSR count). The number of para-hydroxylation sites is 1. The van der Waals surface area contributed by atoms with Gasteiger partial charge in [0.25, 0.3) is 0 Å². The number of aryl methyl sites for hydroxylation is 2. The summed E-state index contributed by atoms with van der Waals surface area (Å²) < 4.78 is 1.93. The summed E-state index contributed by atoms with van der Waals surface area (Å²) in [6.07, 6.45) is 1.23. The largest absolute Gasteiger partial charge is 0.481 e. The lowest BCUT2D eigenvalue weighted by Crippen LogP contribution is -2.37. The molecule has 0 amide bonds. The molecule has 1 N–H and O–H groups in total. The Kier molecular flexibility index (Phi) is 4.06. The summed E-state index contributed by atoms with van der Waals surface area (Å²) in [6, 6.07) is 10.00. The van der Waals surface area contributed by atoms with Crippen molar-refractivity contribution in [3.05, 3.63) is 41.7 Å². The van der Waals surface area contributed by atoms with Crippen LogP contribution in [-0.4, -0.2) is 44.1 Å². The van der Waals surface area contributed by atoms with Gasteiger partial charge in [-0.15, -0.1) is 5.10 Å². The van der Waals surface area contributed by atoms with Crippen LogP contribution in [0, 0.1) is 19.8 Å². The average Bonchev–Trinajstić information content (AvgIpc) is 3.01. The Hall–Kier alpha value is -2.96. The second kappa shape index (κ2) is 6.40. The number of carboxylic acids is 1. The van der Waals surface area contributed by atoms with Crippen molar-refractivity contribution in [2.24, 2.45) is 5.92 Å². The average molecular weight is 351 g/mol. The number of aromatic nitrogens is 4. The number of rotatable bonds is 3. The number of hydrogen-bond acceptors (Lipinski definition) is 5. The van der Waals surface area contributed by atoms with Crippen LogP contribution >= 0.6 is 0 Å². The third-order valence-corrected chi connectivity index (χ3v) is 5.13. The molecular formula is C19H21N5O2. The molecule has 1 aromatic carbocycles. The van der Waals surface area contributed by atoms with E-state index in [4.69, 9.17) is 5.10 Å². The highest BCUT2D eigenvalue weighted by molar-refractivity contribution is 5.92. The van der Waals surface area contributed by atoms with Gasteiger partial charge in [-0.2, -0.15) is 10.2 Å². The molecule has 1 aliphatic rings. The Morgan fingerprint density at radius 1 is 1.12 bits per heavy atom. The van der Waals surface area contributed by atoms with Crippen LogP contribution < -0.4 is 4.90 Å². The van der Waals surface area contributed by atoms with Crippen molar-refractivity contribution in [2.45, 2.75) is 26.7 Å². The van der Waals surface area contributed by atoms with Gasteiger partial charge >= 0.3 is 5.97 Å². The molecule has 0 spiro atoms. The number of hydrogen-bond donors (Lipinski definition) is 1. The first kappa shape index (κ1) is 16.5. The predicted molar refractivity (Wildman–Crippen MR) is 98.7 cm³/mol. The van der Waals surface area contributed by atoms with Crippen molar-refractivity contribution in [1.82, 2.24) is 20.0 Å². The molecule has 26 heavy (non-hydrogen) atoms. The smallest absolute Gasteiger partial charge is 0.306 e. The highest BCUT2D eigenvalue weighted by atomic mass is 16.4. The number of carbonyl (C=O) groups is 1. The SMILES string of the molecule is Cc1nnc(N2CCC(C(=O)O)CC2)c2nn(-c3ccccc3)c(C)c12. The van der Waals surface area contributed by atoms with E-state index in [1.54, 1.807) is 0 Å². The van der Waals surface area contributed by atoms with Crippen molar-refractivity contribution >= 4 is 22.7 Å². The van der Waals surface area contributed by atoms with E-state index >= 15 is 0 Å². The molecule has 134 valence electrons. The topological polar surface area (TPSA) is 84.1 Å². The molecule has 0 atom stereocenters. The zero-order valence-corrected chi connectivity index (χ0v) is 14.9. The van der Waals surface area contributed by atoms with Crippen LogP contribution in [0.3, 0.4) is 0 Å². The second-order valence-corrected chi connectivity index (χ2v) is 6.76. The first-order valence-corrected chi connectivity index (χ1v) is 8.82. The number of carboxylic acid groups (broad SMARTS) is 1. The van der Waals surface area contributed by atoms with Gasteiger partial charge in [0.2, 0.25) is 0 Å². The lowest BCUT2D eigenvalue weighted by atomic mass is 9.97. The van der Waals surface area contributed by atoms with Gasteiger partial charge in [-0.3, -0.25) is 4.79 Å². The summed E-state index contributed by atoms with van der Waals surface area (Å²) >= 11 is 0. The zero-order valence-electron chi connectivity index (χ0n) is 14.9.